The van der Waals surface area contributed by atoms with Gasteiger partial charge < -0.3 is 15.2 Å². The summed E-state index contributed by atoms with van der Waals surface area (Å²) in [5, 5.41) is 7.35. The number of hydrogen-bond donors (Lipinski definition) is 2. The highest BCUT2D eigenvalue weighted by Crippen LogP contribution is 2.19. The Morgan fingerprint density at radius 1 is 1.67 bits per heavy atom. The maximum atomic E-state index is 7.35. The van der Waals surface area contributed by atoms with Crippen molar-refractivity contribution in [2.45, 2.75) is 12.5 Å². The molecular formula is C10H13N3O2. The van der Waals surface area contributed by atoms with Gasteiger partial charge in [-0.15, -0.1) is 0 Å². The largest absolute Gasteiger partial charge is 0.486 e. The summed E-state index contributed by atoms with van der Waals surface area (Å²) in [5.41, 5.74) is 5.79. The lowest BCUT2D eigenvalue weighted by molar-refractivity contribution is 0.141. The van der Waals surface area contributed by atoms with Crippen LogP contribution in [0.5, 0.6) is 5.75 Å². The van der Waals surface area contributed by atoms with Crippen molar-refractivity contribution in [2.75, 3.05) is 13.2 Å². The van der Waals surface area contributed by atoms with Crippen molar-refractivity contribution < 1.29 is 9.47 Å². The molecule has 1 fully saturated rings. The quantitative estimate of drug-likeness (QED) is 0.559. The summed E-state index contributed by atoms with van der Waals surface area (Å²) >= 11 is 0. The zero-order chi connectivity index (χ0) is 10.7. The Labute approximate surface area is 87.7 Å². The fourth-order valence-corrected chi connectivity index (χ4v) is 1.47. The lowest BCUT2D eigenvalue weighted by Crippen LogP contribution is -2.20. The average molecular weight is 207 g/mol. The molecule has 0 spiro atoms. The molecule has 5 heteroatoms. The van der Waals surface area contributed by atoms with Crippen LogP contribution < -0.4 is 10.5 Å². The van der Waals surface area contributed by atoms with Crippen LogP contribution >= 0.6 is 0 Å². The fourth-order valence-electron chi connectivity index (χ4n) is 1.47. The normalized spacial score (nSPS) is 20.1. The van der Waals surface area contributed by atoms with E-state index in [1.54, 1.807) is 18.3 Å². The molecule has 1 aliphatic rings. The third kappa shape index (κ3) is 2.24. The minimum Gasteiger partial charge on any atom is -0.486 e. The van der Waals surface area contributed by atoms with Gasteiger partial charge in [0.1, 0.15) is 23.4 Å². The van der Waals surface area contributed by atoms with Crippen LogP contribution in [-0.4, -0.2) is 30.1 Å². The van der Waals surface area contributed by atoms with Gasteiger partial charge in [-0.05, 0) is 12.1 Å². The molecule has 0 radical (unpaired) electrons. The number of nitrogens with one attached hydrogen (secondary N) is 1. The Hall–Kier alpha value is -1.62. The first kappa shape index (κ1) is 9.92. The number of aromatic nitrogens is 1. The molecule has 15 heavy (non-hydrogen) atoms. The van der Waals surface area contributed by atoms with Crippen LogP contribution in [0.2, 0.25) is 0 Å². The fraction of sp³-hybridized carbons (Fsp3) is 0.400. The predicted molar refractivity (Wildman–Crippen MR) is 55.1 cm³/mol. The smallest absolute Gasteiger partial charge is 0.149 e. The van der Waals surface area contributed by atoms with Crippen molar-refractivity contribution in [1.29, 1.82) is 5.41 Å². The molecule has 1 unspecified atom stereocenters. The van der Waals surface area contributed by atoms with Gasteiger partial charge in [0.25, 0.3) is 0 Å². The molecule has 1 atom stereocenters. The Kier molecular flexibility index (Phi) is 2.82. The van der Waals surface area contributed by atoms with E-state index >= 15 is 0 Å². The highest BCUT2D eigenvalue weighted by molar-refractivity contribution is 5.95. The Morgan fingerprint density at radius 3 is 3.20 bits per heavy atom. The molecule has 1 saturated heterocycles. The van der Waals surface area contributed by atoms with Crippen molar-refractivity contribution in [1.82, 2.24) is 4.98 Å². The zero-order valence-electron chi connectivity index (χ0n) is 8.27. The van der Waals surface area contributed by atoms with Crippen LogP contribution in [0, 0.1) is 5.41 Å². The first-order valence-corrected chi connectivity index (χ1v) is 4.81. The van der Waals surface area contributed by atoms with Gasteiger partial charge in [-0.3, -0.25) is 5.41 Å². The molecule has 0 aromatic carbocycles. The summed E-state index contributed by atoms with van der Waals surface area (Å²) in [6, 6.07) is 3.53. The minimum absolute atomic E-state index is 0.0484. The van der Waals surface area contributed by atoms with E-state index in [0.717, 1.165) is 13.0 Å². The van der Waals surface area contributed by atoms with Gasteiger partial charge in [0.15, 0.2) is 0 Å². The van der Waals surface area contributed by atoms with E-state index in [9.17, 15) is 0 Å². The molecule has 0 amide bonds. The second-order valence-corrected chi connectivity index (χ2v) is 3.37. The Morgan fingerprint density at radius 2 is 2.53 bits per heavy atom. The third-order valence-electron chi connectivity index (χ3n) is 2.21. The van der Waals surface area contributed by atoms with Crippen LogP contribution in [0.1, 0.15) is 12.1 Å². The summed E-state index contributed by atoms with van der Waals surface area (Å²) in [4.78, 5) is 4.00. The van der Waals surface area contributed by atoms with E-state index < -0.39 is 0 Å². The minimum atomic E-state index is -0.0792. The summed E-state index contributed by atoms with van der Waals surface area (Å²) in [6.45, 7) is 1.31. The van der Waals surface area contributed by atoms with Crippen LogP contribution in [0.3, 0.4) is 0 Å². The number of ether oxygens (including phenoxy) is 2. The number of pyridine rings is 1. The molecule has 0 aliphatic carbocycles. The van der Waals surface area contributed by atoms with Crippen molar-refractivity contribution >= 4 is 5.84 Å². The number of nitrogens with two attached hydrogens (primary N) is 1. The van der Waals surface area contributed by atoms with Crippen LogP contribution in [0.25, 0.3) is 0 Å². The van der Waals surface area contributed by atoms with E-state index in [2.05, 4.69) is 4.98 Å². The number of rotatable bonds is 3. The maximum absolute atomic E-state index is 7.35. The van der Waals surface area contributed by atoms with Crippen molar-refractivity contribution in [3.8, 4) is 5.75 Å². The lowest BCUT2D eigenvalue weighted by atomic mass is 10.3. The molecule has 1 aromatic heterocycles. The highest BCUT2D eigenvalue weighted by Gasteiger charge is 2.19. The first-order chi connectivity index (χ1) is 7.27. The predicted octanol–water partition coefficient (Wildman–Crippen LogP) is 0.533. The van der Waals surface area contributed by atoms with Crippen molar-refractivity contribution in [2.24, 2.45) is 5.73 Å². The number of hydrogen-bond acceptors (Lipinski definition) is 4. The standard InChI is InChI=1S/C10H13N3O2/c11-10(12)9-8(2-1-4-13-9)15-7-3-5-14-6-7/h1-2,4,7H,3,5-6H2,(H3,11,12). The van der Waals surface area contributed by atoms with Gasteiger partial charge in [-0.1, -0.05) is 0 Å². The van der Waals surface area contributed by atoms with E-state index in [0.29, 0.717) is 18.1 Å². The van der Waals surface area contributed by atoms with Gasteiger partial charge in [-0.25, -0.2) is 4.98 Å². The van der Waals surface area contributed by atoms with Gasteiger partial charge in [0, 0.05) is 12.6 Å². The molecule has 5 nitrogen and oxygen atoms in total. The number of amidine groups is 1. The first-order valence-electron chi connectivity index (χ1n) is 4.81. The molecule has 2 heterocycles. The second-order valence-electron chi connectivity index (χ2n) is 3.37. The van der Waals surface area contributed by atoms with Crippen LogP contribution in [0.15, 0.2) is 18.3 Å². The highest BCUT2D eigenvalue weighted by atomic mass is 16.5. The van der Waals surface area contributed by atoms with E-state index in [4.69, 9.17) is 20.6 Å². The molecular weight excluding hydrogens is 194 g/mol. The van der Waals surface area contributed by atoms with Crippen molar-refractivity contribution in [3.63, 3.8) is 0 Å². The topological polar surface area (TPSA) is 81.2 Å². The molecule has 1 aromatic rings. The van der Waals surface area contributed by atoms with Crippen LogP contribution in [-0.2, 0) is 4.74 Å². The molecule has 1 aliphatic heterocycles. The second kappa shape index (κ2) is 4.27. The summed E-state index contributed by atoms with van der Waals surface area (Å²) in [5.74, 6) is 0.477. The van der Waals surface area contributed by atoms with Crippen molar-refractivity contribution in [3.05, 3.63) is 24.0 Å². The third-order valence-corrected chi connectivity index (χ3v) is 2.21. The van der Waals surface area contributed by atoms with Gasteiger partial charge >= 0.3 is 0 Å². The van der Waals surface area contributed by atoms with Crippen LogP contribution in [0.4, 0.5) is 0 Å². The lowest BCUT2D eigenvalue weighted by Gasteiger charge is -2.13. The Balaban J connectivity index is 2.15. The SMILES string of the molecule is N=C(N)c1ncccc1OC1CCOC1. The molecule has 3 N–H and O–H groups in total. The van der Waals surface area contributed by atoms with Gasteiger partial charge in [0.2, 0.25) is 0 Å². The number of nitrogens with zero attached hydrogens (tertiary/aromatic N) is 1. The monoisotopic (exact) mass is 207 g/mol. The molecule has 0 bridgehead atoms. The van der Waals surface area contributed by atoms with Gasteiger partial charge in [-0.2, -0.15) is 0 Å². The number of nitrogen functional groups attached to an aromatic ring is 1. The van der Waals surface area contributed by atoms with E-state index in [1.807, 2.05) is 0 Å². The average Bonchev–Trinajstić information content (AvgIpc) is 2.71. The maximum Gasteiger partial charge on any atom is 0.149 e. The molecule has 2 rings (SSSR count). The summed E-state index contributed by atoms with van der Waals surface area (Å²) < 4.78 is 10.9. The molecule has 0 saturated carbocycles. The van der Waals surface area contributed by atoms with E-state index in [1.165, 1.54) is 0 Å². The van der Waals surface area contributed by atoms with E-state index in [-0.39, 0.29) is 11.9 Å². The summed E-state index contributed by atoms with van der Waals surface area (Å²) in [7, 11) is 0. The van der Waals surface area contributed by atoms with Gasteiger partial charge in [0.05, 0.1) is 13.2 Å². The Bertz CT molecular complexity index is 361. The zero-order valence-corrected chi connectivity index (χ0v) is 8.27. The molecule has 80 valence electrons. The summed E-state index contributed by atoms with van der Waals surface area (Å²) in [6.07, 6.45) is 2.51.